The molecule has 2 heterocycles. The number of benzene rings is 1. The summed E-state index contributed by atoms with van der Waals surface area (Å²) in [7, 11) is 1.13. The summed E-state index contributed by atoms with van der Waals surface area (Å²) in [6.45, 7) is 7.60. The van der Waals surface area contributed by atoms with E-state index in [1.54, 1.807) is 13.0 Å². The van der Waals surface area contributed by atoms with Gasteiger partial charge in [-0.05, 0) is 24.6 Å². The van der Waals surface area contributed by atoms with E-state index in [1.165, 1.54) is 32.1 Å². The third kappa shape index (κ3) is 12.9. The van der Waals surface area contributed by atoms with Crippen LogP contribution in [0.1, 0.15) is 60.5 Å². The van der Waals surface area contributed by atoms with Crippen LogP contribution in [0.4, 0.5) is 0 Å². The Morgan fingerprint density at radius 1 is 0.732 bits per heavy atom. The Balaban J connectivity index is 1.88. The molecule has 1 fully saturated rings. The Morgan fingerprint density at radius 2 is 1.34 bits per heavy atom. The van der Waals surface area contributed by atoms with E-state index < -0.39 is 104 Å². The molecule has 2 aliphatic heterocycles. The first-order chi connectivity index (χ1) is 26.4. The molecule has 0 saturated carbocycles. The summed E-state index contributed by atoms with van der Waals surface area (Å²) in [6.07, 6.45) is -6.73. The number of hydrogen-bond donors (Lipinski definition) is 0. The van der Waals surface area contributed by atoms with Crippen molar-refractivity contribution in [2.24, 2.45) is 5.92 Å². The van der Waals surface area contributed by atoms with Crippen molar-refractivity contribution in [2.45, 2.75) is 98.3 Å². The molecule has 0 N–H and O–H groups in total. The minimum absolute atomic E-state index is 0.00739. The van der Waals surface area contributed by atoms with Crippen molar-refractivity contribution < 1.29 is 90.5 Å². The predicted molar refractivity (Wildman–Crippen MR) is 184 cm³/mol. The van der Waals surface area contributed by atoms with Crippen LogP contribution in [0.15, 0.2) is 41.7 Å². The van der Waals surface area contributed by atoms with E-state index in [0.29, 0.717) is 5.56 Å². The fraction of sp³-hybridized carbons (Fsp3) is 0.514. The number of carbonyl (C=O) groups is 8. The third-order valence-corrected chi connectivity index (χ3v) is 7.87. The lowest BCUT2D eigenvalue weighted by atomic mass is 9.86. The lowest BCUT2D eigenvalue weighted by Crippen LogP contribution is -2.63. The summed E-state index contributed by atoms with van der Waals surface area (Å²) in [5.74, 6) is -7.16. The molecule has 2 aliphatic rings. The van der Waals surface area contributed by atoms with Crippen LogP contribution in [0, 0.1) is 5.92 Å². The lowest BCUT2D eigenvalue weighted by Gasteiger charge is -2.45. The van der Waals surface area contributed by atoms with E-state index in [-0.39, 0.29) is 35.7 Å². The molecule has 0 bridgehead atoms. The van der Waals surface area contributed by atoms with E-state index in [9.17, 15) is 38.4 Å². The molecule has 0 radical (unpaired) electrons. The Morgan fingerprint density at radius 3 is 1.91 bits per heavy atom. The molecule has 1 aromatic carbocycles. The fourth-order valence-corrected chi connectivity index (χ4v) is 5.73. The zero-order valence-corrected chi connectivity index (χ0v) is 32.0. The molecule has 3 rings (SSSR count). The van der Waals surface area contributed by atoms with Gasteiger partial charge in [-0.25, -0.2) is 4.79 Å². The highest BCUT2D eigenvalue weighted by Gasteiger charge is 2.54. The average Bonchev–Trinajstić information content (AvgIpc) is 3.09. The van der Waals surface area contributed by atoms with E-state index in [0.717, 1.165) is 41.1 Å². The highest BCUT2D eigenvalue weighted by atomic mass is 16.8. The molecule has 1 aromatic rings. The van der Waals surface area contributed by atoms with Crippen molar-refractivity contribution in [1.29, 1.82) is 0 Å². The van der Waals surface area contributed by atoms with Crippen LogP contribution < -0.4 is 9.47 Å². The fourth-order valence-electron chi connectivity index (χ4n) is 5.73. The first kappa shape index (κ1) is 44.6. The second-order valence-corrected chi connectivity index (χ2v) is 12.2. The Hall–Kier alpha value is -5.82. The maximum Gasteiger partial charge on any atom is 0.337 e. The SMILES string of the molecule is CC=C1[C@@H](O[C@@H]2O[C@H](COC(C)=O)[C@@H](OC(C)=O)[C@H](OC(C)=O)[C@H]2OC(C)=O)OC=C(C(=O)OC)[C@H]1CC(=O)OCCc1ccc(OC(C)=O)c(OC(C)=O)c1. The number of ether oxygens (including phenoxy) is 11. The van der Waals surface area contributed by atoms with Gasteiger partial charge in [0.25, 0.3) is 0 Å². The second-order valence-electron chi connectivity index (χ2n) is 12.2. The summed E-state index contributed by atoms with van der Waals surface area (Å²) >= 11 is 0. The van der Waals surface area contributed by atoms with Crippen LogP contribution in [-0.2, 0) is 87.4 Å². The molecule has 19 heteroatoms. The maximum absolute atomic E-state index is 13.3. The van der Waals surface area contributed by atoms with Crippen molar-refractivity contribution >= 4 is 47.8 Å². The Labute approximate surface area is 321 Å². The third-order valence-electron chi connectivity index (χ3n) is 7.87. The van der Waals surface area contributed by atoms with Crippen molar-refractivity contribution in [3.05, 3.63) is 47.2 Å². The van der Waals surface area contributed by atoms with Crippen LogP contribution in [0.25, 0.3) is 0 Å². The van der Waals surface area contributed by atoms with Crippen LogP contribution in [-0.4, -0.2) is 105 Å². The molecule has 19 nitrogen and oxygen atoms in total. The maximum atomic E-state index is 13.3. The molecule has 306 valence electrons. The van der Waals surface area contributed by atoms with Crippen molar-refractivity contribution in [3.63, 3.8) is 0 Å². The quantitative estimate of drug-likeness (QED) is 0.107. The van der Waals surface area contributed by atoms with Gasteiger partial charge in [0, 0.05) is 59.5 Å². The molecular weight excluding hydrogens is 748 g/mol. The molecular formula is C37H44O19. The first-order valence-corrected chi connectivity index (χ1v) is 17.1. The number of esters is 8. The van der Waals surface area contributed by atoms with E-state index in [2.05, 4.69) is 0 Å². The van der Waals surface area contributed by atoms with Gasteiger partial charge in [-0.15, -0.1) is 0 Å². The standard InChI is InChI=1S/C37H44O19/c1-9-25-26(15-31(44)47-13-12-24-10-11-28(50-19(3)39)29(14-24)51-20(4)40)27(35(45)46-8)16-49-36(25)56-37-34(54-23(7)43)33(53-22(6)42)32(52-21(5)41)30(55-37)17-48-18(2)38/h9-11,14,16,26,30,32-34,36-37H,12-13,15,17H2,1-8H3/t26-,30+,32+,33-,34+,36+,37-/m0/s1. The average molecular weight is 793 g/mol. The van der Waals surface area contributed by atoms with Gasteiger partial charge >= 0.3 is 47.8 Å². The Bertz CT molecular complexity index is 1730. The minimum Gasteiger partial charge on any atom is -0.468 e. The van der Waals surface area contributed by atoms with E-state index >= 15 is 0 Å². The van der Waals surface area contributed by atoms with E-state index in [1.807, 2.05) is 0 Å². The summed E-state index contributed by atoms with van der Waals surface area (Å²) in [5, 5.41) is 0. The largest absolute Gasteiger partial charge is 0.468 e. The smallest absolute Gasteiger partial charge is 0.337 e. The lowest BCUT2D eigenvalue weighted by molar-refractivity contribution is -0.331. The van der Waals surface area contributed by atoms with Crippen LogP contribution >= 0.6 is 0 Å². The number of carbonyl (C=O) groups excluding carboxylic acids is 8. The van der Waals surface area contributed by atoms with Crippen LogP contribution in [0.3, 0.4) is 0 Å². The van der Waals surface area contributed by atoms with Crippen molar-refractivity contribution in [2.75, 3.05) is 20.3 Å². The number of allylic oxidation sites excluding steroid dienone is 1. The summed E-state index contributed by atoms with van der Waals surface area (Å²) < 4.78 is 60.0. The first-order valence-electron chi connectivity index (χ1n) is 17.1. The van der Waals surface area contributed by atoms with Gasteiger partial charge in [-0.2, -0.15) is 0 Å². The van der Waals surface area contributed by atoms with Gasteiger partial charge in [0.05, 0.1) is 32.0 Å². The predicted octanol–water partition coefficient (Wildman–Crippen LogP) is 2.09. The highest BCUT2D eigenvalue weighted by Crippen LogP contribution is 2.38. The summed E-state index contributed by atoms with van der Waals surface area (Å²) in [4.78, 5) is 97.5. The summed E-state index contributed by atoms with van der Waals surface area (Å²) in [6, 6.07) is 4.47. The normalized spacial score (nSPS) is 23.6. The molecule has 0 aromatic heterocycles. The number of hydrogen-bond acceptors (Lipinski definition) is 19. The Kier molecular flexibility index (Phi) is 16.5. The van der Waals surface area contributed by atoms with E-state index in [4.69, 9.17) is 52.1 Å². The van der Waals surface area contributed by atoms with Crippen LogP contribution in [0.5, 0.6) is 11.5 Å². The number of methoxy groups -OCH3 is 1. The minimum atomic E-state index is -1.65. The molecule has 1 saturated heterocycles. The molecule has 0 amide bonds. The van der Waals surface area contributed by atoms with Gasteiger partial charge < -0.3 is 52.1 Å². The zero-order chi connectivity index (χ0) is 41.7. The van der Waals surface area contributed by atoms with Gasteiger partial charge in [-0.1, -0.05) is 12.1 Å². The topological polar surface area (TPSA) is 238 Å². The zero-order valence-electron chi connectivity index (χ0n) is 32.0. The molecule has 0 unspecified atom stereocenters. The monoisotopic (exact) mass is 792 g/mol. The van der Waals surface area contributed by atoms with Gasteiger partial charge in [-0.3, -0.25) is 33.6 Å². The van der Waals surface area contributed by atoms with Crippen LogP contribution in [0.2, 0.25) is 0 Å². The molecule has 56 heavy (non-hydrogen) atoms. The van der Waals surface area contributed by atoms with Gasteiger partial charge in [0.2, 0.25) is 12.6 Å². The molecule has 7 atom stereocenters. The van der Waals surface area contributed by atoms with Crippen molar-refractivity contribution in [3.8, 4) is 11.5 Å². The molecule has 0 spiro atoms. The highest BCUT2D eigenvalue weighted by molar-refractivity contribution is 5.90. The summed E-state index contributed by atoms with van der Waals surface area (Å²) in [5.41, 5.74) is 0.689. The van der Waals surface area contributed by atoms with Crippen molar-refractivity contribution in [1.82, 2.24) is 0 Å². The van der Waals surface area contributed by atoms with Gasteiger partial charge in [0.1, 0.15) is 12.7 Å². The molecule has 0 aliphatic carbocycles. The second kappa shape index (κ2) is 20.7. The van der Waals surface area contributed by atoms with Gasteiger partial charge in [0.15, 0.2) is 29.8 Å². The number of rotatable bonds is 15.